The third-order valence-electron chi connectivity index (χ3n) is 7.08. The van der Waals surface area contributed by atoms with Crippen LogP contribution < -0.4 is 26.2 Å². The molecular formula is C28H27N7O3S. The number of carbonyl (C=O) groups excluding carboxylic acids is 1. The molecule has 6 rings (SSSR count). The molecule has 198 valence electrons. The van der Waals surface area contributed by atoms with Crippen molar-refractivity contribution in [2.45, 2.75) is 18.9 Å². The number of hydrogen-bond donors (Lipinski definition) is 2. The first-order chi connectivity index (χ1) is 19.0. The maximum absolute atomic E-state index is 13.3. The number of benzene rings is 2. The van der Waals surface area contributed by atoms with Crippen molar-refractivity contribution in [3.8, 4) is 17.5 Å². The van der Waals surface area contributed by atoms with Gasteiger partial charge in [-0.2, -0.15) is 5.26 Å². The van der Waals surface area contributed by atoms with Crippen LogP contribution >= 0.6 is 11.3 Å². The van der Waals surface area contributed by atoms with Crippen LogP contribution in [0.1, 0.15) is 22.5 Å². The van der Waals surface area contributed by atoms with Crippen molar-refractivity contribution < 1.29 is 9.53 Å². The highest BCUT2D eigenvalue weighted by Crippen LogP contribution is 2.38. The van der Waals surface area contributed by atoms with E-state index in [9.17, 15) is 9.59 Å². The van der Waals surface area contributed by atoms with E-state index in [0.29, 0.717) is 53.6 Å². The van der Waals surface area contributed by atoms with Crippen molar-refractivity contribution in [2.24, 2.45) is 0 Å². The quantitative estimate of drug-likeness (QED) is 0.381. The highest BCUT2D eigenvalue weighted by molar-refractivity contribution is 7.20. The number of thiophene rings is 1. The molecule has 4 heterocycles. The Morgan fingerprint density at radius 3 is 2.85 bits per heavy atom. The zero-order chi connectivity index (χ0) is 26.9. The highest BCUT2D eigenvalue weighted by atomic mass is 32.1. The van der Waals surface area contributed by atoms with Crippen LogP contribution in [0.2, 0.25) is 0 Å². The van der Waals surface area contributed by atoms with E-state index < -0.39 is 5.56 Å². The van der Waals surface area contributed by atoms with Crippen LogP contribution in [-0.2, 0) is 0 Å². The van der Waals surface area contributed by atoms with Crippen molar-refractivity contribution in [3.63, 3.8) is 0 Å². The third-order valence-corrected chi connectivity index (χ3v) is 8.10. The third kappa shape index (κ3) is 4.80. The van der Waals surface area contributed by atoms with Gasteiger partial charge in [-0.05, 0) is 42.8 Å². The molecular weight excluding hydrogens is 514 g/mol. The van der Waals surface area contributed by atoms with Crippen molar-refractivity contribution in [1.82, 2.24) is 19.8 Å². The number of rotatable bonds is 6. The molecule has 11 heteroatoms. The minimum Gasteiger partial charge on any atom is -0.490 e. The van der Waals surface area contributed by atoms with Crippen molar-refractivity contribution in [2.75, 3.05) is 43.4 Å². The molecule has 0 unspecified atom stereocenters. The lowest BCUT2D eigenvalue weighted by Gasteiger charge is -2.31. The largest absolute Gasteiger partial charge is 0.490 e. The maximum atomic E-state index is 13.3. The summed E-state index contributed by atoms with van der Waals surface area (Å²) in [5.41, 5.74) is 8.61. The predicted octanol–water partition coefficient (Wildman–Crippen LogP) is 3.28. The Morgan fingerprint density at radius 2 is 2.03 bits per heavy atom. The molecule has 4 aromatic rings. The van der Waals surface area contributed by atoms with Crippen LogP contribution in [0.4, 0.5) is 17.2 Å². The van der Waals surface area contributed by atoms with Gasteiger partial charge in [-0.1, -0.05) is 18.2 Å². The Balaban J connectivity index is 1.34. The fourth-order valence-electron chi connectivity index (χ4n) is 5.20. The zero-order valence-corrected chi connectivity index (χ0v) is 22.0. The van der Waals surface area contributed by atoms with E-state index in [1.807, 2.05) is 48.5 Å². The average molecular weight is 542 g/mol. The first-order valence-corrected chi connectivity index (χ1v) is 13.7. The maximum Gasteiger partial charge on any atom is 0.298 e. The summed E-state index contributed by atoms with van der Waals surface area (Å²) in [6, 6.07) is 19.5. The zero-order valence-electron chi connectivity index (χ0n) is 21.2. The summed E-state index contributed by atoms with van der Waals surface area (Å²) >= 11 is 1.21. The van der Waals surface area contributed by atoms with Crippen molar-refractivity contribution in [1.29, 1.82) is 5.26 Å². The van der Waals surface area contributed by atoms with Gasteiger partial charge in [0.2, 0.25) is 0 Å². The monoisotopic (exact) mass is 541 g/mol. The van der Waals surface area contributed by atoms with E-state index in [4.69, 9.17) is 15.7 Å². The average Bonchev–Trinajstić information content (AvgIpc) is 3.59. The van der Waals surface area contributed by atoms with Gasteiger partial charge in [0.25, 0.3) is 11.5 Å². The minimum atomic E-state index is -0.445. The van der Waals surface area contributed by atoms with Crippen LogP contribution in [0, 0.1) is 11.3 Å². The molecule has 0 bridgehead atoms. The number of aromatic nitrogens is 2. The van der Waals surface area contributed by atoms with E-state index in [1.54, 1.807) is 6.07 Å². The smallest absolute Gasteiger partial charge is 0.298 e. The molecule has 2 aliphatic rings. The van der Waals surface area contributed by atoms with E-state index in [0.717, 1.165) is 30.1 Å². The number of fused-ring (bicyclic) bond motifs is 2. The number of anilines is 3. The van der Waals surface area contributed by atoms with Crippen LogP contribution in [0.15, 0.2) is 59.4 Å². The number of nitriles is 1. The Labute approximate surface area is 228 Å². The minimum absolute atomic E-state index is 0.00578. The van der Waals surface area contributed by atoms with Crippen LogP contribution in [-0.4, -0.2) is 59.2 Å². The number of nitrogens with two attached hydrogens (primary N) is 1. The molecule has 0 aliphatic carbocycles. The fourth-order valence-corrected chi connectivity index (χ4v) is 6.13. The summed E-state index contributed by atoms with van der Waals surface area (Å²) in [4.78, 5) is 36.0. The number of nitrogen functional groups attached to an aromatic ring is 1. The number of likely N-dealkylation sites (tertiary alicyclic amines) is 1. The van der Waals surface area contributed by atoms with E-state index in [-0.39, 0.29) is 17.8 Å². The summed E-state index contributed by atoms with van der Waals surface area (Å²) < 4.78 is 7.42. The molecule has 1 fully saturated rings. The Morgan fingerprint density at radius 1 is 1.18 bits per heavy atom. The molecule has 3 N–H and O–H groups in total. The second kappa shape index (κ2) is 10.4. The first-order valence-electron chi connectivity index (χ1n) is 12.8. The number of ether oxygens (including phenoxy) is 1. The summed E-state index contributed by atoms with van der Waals surface area (Å²) in [6.07, 6.45) is 1.30. The molecule has 0 spiro atoms. The lowest BCUT2D eigenvalue weighted by molar-refractivity contribution is 0.0942. The number of nitrogens with one attached hydrogen (secondary N) is 1. The van der Waals surface area contributed by atoms with Gasteiger partial charge in [-0.3, -0.25) is 14.2 Å². The molecule has 0 saturated carbocycles. The van der Waals surface area contributed by atoms with Gasteiger partial charge in [0.1, 0.15) is 17.2 Å². The van der Waals surface area contributed by atoms with E-state index >= 15 is 0 Å². The Bertz CT molecular complexity index is 1640. The van der Waals surface area contributed by atoms with Gasteiger partial charge in [0.05, 0.1) is 34.4 Å². The summed E-state index contributed by atoms with van der Waals surface area (Å²) in [5, 5.41) is 11.9. The Kier molecular flexibility index (Phi) is 6.64. The summed E-state index contributed by atoms with van der Waals surface area (Å²) in [7, 11) is 0. The molecule has 10 nitrogen and oxygen atoms in total. The van der Waals surface area contributed by atoms with E-state index in [1.165, 1.54) is 15.9 Å². The lowest BCUT2D eigenvalue weighted by atomic mass is 10.1. The Hall–Kier alpha value is -4.40. The normalized spacial score (nSPS) is 17.0. The van der Waals surface area contributed by atoms with Crippen molar-refractivity contribution in [3.05, 3.63) is 69.8 Å². The van der Waals surface area contributed by atoms with Gasteiger partial charge in [-0.25, -0.2) is 4.98 Å². The van der Waals surface area contributed by atoms with Gasteiger partial charge in [0, 0.05) is 37.8 Å². The number of amides is 1. The lowest BCUT2D eigenvalue weighted by Crippen LogP contribution is -2.36. The van der Waals surface area contributed by atoms with Gasteiger partial charge >= 0.3 is 0 Å². The standard InChI is InChI=1S/C28H27N7O3S/c29-10-4-11-33-12-9-18(17-33)31-26(36)24-16-22-27(39-24)32-25(30)28(37)35(22)20-7-8-23-21(15-20)34(13-14-38-23)19-5-2-1-3-6-19/h1-3,5-8,15-16,18H,4,9,11-14,17H2,(H2,30,32)(H,31,36)/t18-/m0/s1. The molecule has 0 radical (unpaired) electrons. The second-order valence-electron chi connectivity index (χ2n) is 9.59. The molecule has 2 aliphatic heterocycles. The van der Waals surface area contributed by atoms with Gasteiger partial charge in [0.15, 0.2) is 5.82 Å². The second-order valence-corrected chi connectivity index (χ2v) is 10.6. The molecule has 2 aromatic carbocycles. The summed E-state index contributed by atoms with van der Waals surface area (Å²) in [6.45, 7) is 3.48. The topological polar surface area (TPSA) is 130 Å². The molecule has 1 saturated heterocycles. The molecule has 1 amide bonds. The number of carbonyl (C=O) groups is 1. The van der Waals surface area contributed by atoms with E-state index in [2.05, 4.69) is 26.2 Å². The van der Waals surface area contributed by atoms with Crippen LogP contribution in [0.25, 0.3) is 16.0 Å². The van der Waals surface area contributed by atoms with Crippen LogP contribution in [0.3, 0.4) is 0 Å². The number of nitrogens with zero attached hydrogens (tertiary/aromatic N) is 5. The molecule has 39 heavy (non-hydrogen) atoms. The molecule has 2 aromatic heterocycles. The number of para-hydroxylation sites is 1. The highest BCUT2D eigenvalue weighted by Gasteiger charge is 2.26. The first kappa shape index (κ1) is 24.9. The summed E-state index contributed by atoms with van der Waals surface area (Å²) in [5.74, 6) is 0.386. The number of hydrogen-bond acceptors (Lipinski definition) is 9. The molecule has 1 atom stereocenters. The fraction of sp³-hybridized carbons (Fsp3) is 0.286. The van der Waals surface area contributed by atoms with Crippen LogP contribution in [0.5, 0.6) is 5.75 Å². The van der Waals surface area contributed by atoms with Gasteiger partial charge in [-0.15, -0.1) is 11.3 Å². The van der Waals surface area contributed by atoms with Gasteiger partial charge < -0.3 is 25.6 Å². The SMILES string of the molecule is N#CCCN1CC[C@H](NC(=O)c2cc3c(nc(N)c(=O)n3-c3ccc4c(c3)N(c3ccccc3)CCO4)s2)C1. The predicted molar refractivity (Wildman–Crippen MR) is 151 cm³/mol. The van der Waals surface area contributed by atoms with Crippen molar-refractivity contribution >= 4 is 44.8 Å².